The van der Waals surface area contributed by atoms with Crippen molar-refractivity contribution >= 4 is 12.0 Å². The molecule has 1 atom stereocenters. The summed E-state index contributed by atoms with van der Waals surface area (Å²) in [6.45, 7) is 4.12. The molecule has 3 nitrogen and oxygen atoms in total. The molecule has 0 fully saturated rings. The molecule has 1 N–H and O–H groups in total. The number of methoxy groups -OCH3 is 1. The summed E-state index contributed by atoms with van der Waals surface area (Å²) in [4.78, 5) is 12.1. The SMILES string of the molecule is CCC(NC(=O)/C=C/c1ccc(OC)cc1)c1ccc(C)cc1. The number of hydrogen-bond acceptors (Lipinski definition) is 2. The van der Waals surface area contributed by atoms with E-state index in [1.807, 2.05) is 24.3 Å². The van der Waals surface area contributed by atoms with Crippen molar-refractivity contribution in [3.63, 3.8) is 0 Å². The minimum absolute atomic E-state index is 0.0311. The molecule has 120 valence electrons. The van der Waals surface area contributed by atoms with Crippen LogP contribution in [0.25, 0.3) is 6.08 Å². The fourth-order valence-corrected chi connectivity index (χ4v) is 2.33. The molecule has 1 unspecified atom stereocenters. The summed E-state index contributed by atoms with van der Waals surface area (Å²) in [6.07, 6.45) is 4.22. The van der Waals surface area contributed by atoms with Crippen molar-refractivity contribution in [2.45, 2.75) is 26.3 Å². The maximum atomic E-state index is 12.1. The number of carbonyl (C=O) groups is 1. The summed E-state index contributed by atoms with van der Waals surface area (Å²) in [7, 11) is 1.63. The number of amides is 1. The molecule has 2 aromatic carbocycles. The zero-order valence-corrected chi connectivity index (χ0v) is 13.9. The highest BCUT2D eigenvalue weighted by molar-refractivity contribution is 5.92. The first kappa shape index (κ1) is 16.8. The number of aryl methyl sites for hydroxylation is 1. The molecule has 1 amide bonds. The first-order valence-corrected chi connectivity index (χ1v) is 7.81. The van der Waals surface area contributed by atoms with E-state index in [4.69, 9.17) is 4.74 Å². The quantitative estimate of drug-likeness (QED) is 0.809. The van der Waals surface area contributed by atoms with Crippen LogP contribution in [-0.2, 0) is 4.79 Å². The van der Waals surface area contributed by atoms with Crippen molar-refractivity contribution < 1.29 is 9.53 Å². The van der Waals surface area contributed by atoms with E-state index in [2.05, 4.69) is 43.4 Å². The van der Waals surface area contributed by atoms with Gasteiger partial charge in [-0.25, -0.2) is 0 Å². The molecule has 0 saturated carbocycles. The molecule has 0 saturated heterocycles. The molecular weight excluding hydrogens is 286 g/mol. The Labute approximate surface area is 138 Å². The normalized spacial score (nSPS) is 12.1. The molecule has 3 heteroatoms. The molecule has 2 rings (SSSR count). The largest absolute Gasteiger partial charge is 0.497 e. The third kappa shape index (κ3) is 4.99. The van der Waals surface area contributed by atoms with E-state index in [0.29, 0.717) is 0 Å². The Bertz CT molecular complexity index is 657. The smallest absolute Gasteiger partial charge is 0.244 e. The van der Waals surface area contributed by atoms with E-state index in [9.17, 15) is 4.79 Å². The van der Waals surface area contributed by atoms with Gasteiger partial charge in [0.15, 0.2) is 0 Å². The fourth-order valence-electron chi connectivity index (χ4n) is 2.33. The molecule has 0 spiro atoms. The van der Waals surface area contributed by atoms with E-state index < -0.39 is 0 Å². The summed E-state index contributed by atoms with van der Waals surface area (Å²) in [6, 6.07) is 15.9. The van der Waals surface area contributed by atoms with Gasteiger partial charge in [-0.05, 0) is 42.7 Å². The molecule has 0 aromatic heterocycles. The molecule has 0 aliphatic heterocycles. The van der Waals surface area contributed by atoms with Crippen LogP contribution in [0.1, 0.15) is 36.1 Å². The summed E-state index contributed by atoms with van der Waals surface area (Å²) < 4.78 is 5.12. The summed E-state index contributed by atoms with van der Waals surface area (Å²) in [5.74, 6) is 0.713. The van der Waals surface area contributed by atoms with Crippen LogP contribution in [0.2, 0.25) is 0 Å². The average molecular weight is 309 g/mol. The van der Waals surface area contributed by atoms with Gasteiger partial charge in [-0.3, -0.25) is 4.79 Å². The Hall–Kier alpha value is -2.55. The van der Waals surface area contributed by atoms with Crippen LogP contribution >= 0.6 is 0 Å². The van der Waals surface area contributed by atoms with Gasteiger partial charge in [-0.1, -0.05) is 48.9 Å². The lowest BCUT2D eigenvalue weighted by atomic mass is 10.0. The van der Waals surface area contributed by atoms with E-state index in [1.165, 1.54) is 5.56 Å². The van der Waals surface area contributed by atoms with E-state index >= 15 is 0 Å². The Balaban J connectivity index is 1.98. The van der Waals surface area contributed by atoms with Gasteiger partial charge in [0.2, 0.25) is 5.91 Å². The van der Waals surface area contributed by atoms with Crippen LogP contribution in [0.5, 0.6) is 5.75 Å². The Morgan fingerprint density at radius 2 is 1.78 bits per heavy atom. The molecule has 0 radical (unpaired) electrons. The molecule has 23 heavy (non-hydrogen) atoms. The summed E-state index contributed by atoms with van der Waals surface area (Å²) in [5, 5.41) is 3.04. The highest BCUT2D eigenvalue weighted by atomic mass is 16.5. The molecule has 0 aliphatic rings. The van der Waals surface area contributed by atoms with E-state index in [-0.39, 0.29) is 11.9 Å². The monoisotopic (exact) mass is 309 g/mol. The van der Waals surface area contributed by atoms with Gasteiger partial charge in [-0.2, -0.15) is 0 Å². The van der Waals surface area contributed by atoms with Gasteiger partial charge in [0, 0.05) is 6.08 Å². The first-order chi connectivity index (χ1) is 11.1. The summed E-state index contributed by atoms with van der Waals surface area (Å²) in [5.41, 5.74) is 3.31. The zero-order valence-electron chi connectivity index (χ0n) is 13.9. The number of ether oxygens (including phenoxy) is 1. The van der Waals surface area contributed by atoms with E-state index in [1.54, 1.807) is 19.3 Å². The third-order valence-electron chi connectivity index (χ3n) is 3.75. The van der Waals surface area contributed by atoms with Crippen LogP contribution in [0.3, 0.4) is 0 Å². The first-order valence-electron chi connectivity index (χ1n) is 7.81. The van der Waals surface area contributed by atoms with Crippen molar-refractivity contribution in [1.29, 1.82) is 0 Å². The van der Waals surface area contributed by atoms with Gasteiger partial charge in [-0.15, -0.1) is 0 Å². The van der Waals surface area contributed by atoms with Crippen LogP contribution in [-0.4, -0.2) is 13.0 Å². The standard InChI is InChI=1S/C20H23NO2/c1-4-19(17-10-5-15(2)6-11-17)21-20(22)14-9-16-7-12-18(23-3)13-8-16/h5-14,19H,4H2,1-3H3,(H,21,22)/b14-9+. The minimum atomic E-state index is -0.0896. The van der Waals surface area contributed by atoms with Gasteiger partial charge in [0.1, 0.15) is 5.75 Å². The van der Waals surface area contributed by atoms with Crippen molar-refractivity contribution in [2.24, 2.45) is 0 Å². The second-order valence-corrected chi connectivity index (χ2v) is 5.49. The maximum absolute atomic E-state index is 12.1. The molecule has 0 aliphatic carbocycles. The zero-order chi connectivity index (χ0) is 16.7. The lowest BCUT2D eigenvalue weighted by Gasteiger charge is -2.16. The van der Waals surface area contributed by atoms with Crippen LogP contribution in [0, 0.1) is 6.92 Å². The second-order valence-electron chi connectivity index (χ2n) is 5.49. The number of benzene rings is 2. The maximum Gasteiger partial charge on any atom is 0.244 e. The number of carbonyl (C=O) groups excluding carboxylic acids is 1. The lowest BCUT2D eigenvalue weighted by Crippen LogP contribution is -2.26. The minimum Gasteiger partial charge on any atom is -0.497 e. The van der Waals surface area contributed by atoms with Gasteiger partial charge in [0.05, 0.1) is 13.2 Å². The Morgan fingerprint density at radius 3 is 2.35 bits per heavy atom. The van der Waals surface area contributed by atoms with Crippen molar-refractivity contribution in [2.75, 3.05) is 7.11 Å². The molecular formula is C20H23NO2. The predicted molar refractivity (Wildman–Crippen MR) is 94.4 cm³/mol. The average Bonchev–Trinajstić information content (AvgIpc) is 2.59. The highest BCUT2D eigenvalue weighted by Crippen LogP contribution is 2.17. The highest BCUT2D eigenvalue weighted by Gasteiger charge is 2.10. The lowest BCUT2D eigenvalue weighted by molar-refractivity contribution is -0.117. The fraction of sp³-hybridized carbons (Fsp3) is 0.250. The van der Waals surface area contributed by atoms with Gasteiger partial charge < -0.3 is 10.1 Å². The third-order valence-corrected chi connectivity index (χ3v) is 3.75. The molecule has 0 heterocycles. The van der Waals surface area contributed by atoms with Crippen molar-refractivity contribution in [3.8, 4) is 5.75 Å². The summed E-state index contributed by atoms with van der Waals surface area (Å²) >= 11 is 0. The van der Waals surface area contributed by atoms with Crippen molar-refractivity contribution in [1.82, 2.24) is 5.32 Å². The van der Waals surface area contributed by atoms with E-state index in [0.717, 1.165) is 23.3 Å². The second kappa shape index (κ2) is 8.18. The van der Waals surface area contributed by atoms with Crippen molar-refractivity contribution in [3.05, 3.63) is 71.3 Å². The van der Waals surface area contributed by atoms with Gasteiger partial charge >= 0.3 is 0 Å². The Kier molecular flexibility index (Phi) is 5.98. The van der Waals surface area contributed by atoms with Crippen LogP contribution in [0.15, 0.2) is 54.6 Å². The van der Waals surface area contributed by atoms with Crippen LogP contribution in [0.4, 0.5) is 0 Å². The predicted octanol–water partition coefficient (Wildman–Crippen LogP) is 4.28. The number of hydrogen-bond donors (Lipinski definition) is 1. The topological polar surface area (TPSA) is 38.3 Å². The number of rotatable bonds is 6. The molecule has 0 bridgehead atoms. The Morgan fingerprint density at radius 1 is 1.13 bits per heavy atom. The molecule has 2 aromatic rings. The number of nitrogens with one attached hydrogen (secondary N) is 1. The van der Waals surface area contributed by atoms with Gasteiger partial charge in [0.25, 0.3) is 0 Å². The van der Waals surface area contributed by atoms with Crippen LogP contribution < -0.4 is 10.1 Å².